The van der Waals surface area contributed by atoms with Gasteiger partial charge >= 0.3 is 5.97 Å². The fourth-order valence-corrected chi connectivity index (χ4v) is 1.97. The van der Waals surface area contributed by atoms with E-state index in [9.17, 15) is 4.79 Å². The first-order valence-electron chi connectivity index (χ1n) is 4.55. The van der Waals surface area contributed by atoms with Gasteiger partial charge in [-0.15, -0.1) is 12.4 Å². The standard InChI is InChI=1S/C10H10ClNO3.ClH/c11-6-2-1-5(10(13)14)9-8(6)7(12)3-4-15-9;/h1-2,7H,3-4,12H2,(H,13,14);1H/t7-;/m0./s1. The van der Waals surface area contributed by atoms with Crippen LogP contribution >= 0.6 is 24.0 Å². The topological polar surface area (TPSA) is 72.5 Å². The zero-order valence-corrected chi connectivity index (χ0v) is 9.85. The minimum atomic E-state index is -1.03. The minimum absolute atomic E-state index is 0. The first kappa shape index (κ1) is 13.1. The molecular formula is C10H11Cl2NO3. The highest BCUT2D eigenvalue weighted by Crippen LogP contribution is 2.38. The molecule has 0 saturated carbocycles. The van der Waals surface area contributed by atoms with Crippen molar-refractivity contribution in [2.45, 2.75) is 12.5 Å². The van der Waals surface area contributed by atoms with Crippen molar-refractivity contribution in [1.29, 1.82) is 0 Å². The third-order valence-corrected chi connectivity index (χ3v) is 2.75. The quantitative estimate of drug-likeness (QED) is 0.815. The van der Waals surface area contributed by atoms with Gasteiger partial charge in [-0.3, -0.25) is 0 Å². The molecule has 2 rings (SSSR count). The number of carbonyl (C=O) groups is 1. The largest absolute Gasteiger partial charge is 0.492 e. The van der Waals surface area contributed by atoms with Crippen LogP contribution < -0.4 is 10.5 Å². The molecule has 0 bridgehead atoms. The van der Waals surface area contributed by atoms with Gasteiger partial charge in [0.05, 0.1) is 6.61 Å². The molecule has 16 heavy (non-hydrogen) atoms. The number of nitrogens with two attached hydrogens (primary N) is 1. The number of benzene rings is 1. The number of halogens is 2. The molecule has 1 atom stereocenters. The van der Waals surface area contributed by atoms with E-state index >= 15 is 0 Å². The van der Waals surface area contributed by atoms with Crippen molar-refractivity contribution >= 4 is 30.0 Å². The molecule has 0 saturated heterocycles. The molecule has 4 nitrogen and oxygen atoms in total. The third kappa shape index (κ3) is 2.09. The van der Waals surface area contributed by atoms with Gasteiger partial charge in [0.15, 0.2) is 0 Å². The Labute approximate surface area is 104 Å². The monoisotopic (exact) mass is 263 g/mol. The number of aromatic carboxylic acids is 1. The molecule has 3 N–H and O–H groups in total. The van der Waals surface area contributed by atoms with Crippen LogP contribution in [0.5, 0.6) is 5.75 Å². The van der Waals surface area contributed by atoms with Gasteiger partial charge in [-0.05, 0) is 12.1 Å². The molecule has 6 heteroatoms. The molecule has 1 aromatic carbocycles. The van der Waals surface area contributed by atoms with Crippen molar-refractivity contribution in [2.75, 3.05) is 6.61 Å². The van der Waals surface area contributed by atoms with E-state index in [2.05, 4.69) is 0 Å². The minimum Gasteiger partial charge on any atom is -0.492 e. The number of carboxylic acid groups (broad SMARTS) is 1. The molecular weight excluding hydrogens is 253 g/mol. The number of carboxylic acids is 1. The second-order valence-corrected chi connectivity index (χ2v) is 3.79. The van der Waals surface area contributed by atoms with Crippen molar-refractivity contribution in [3.05, 3.63) is 28.3 Å². The van der Waals surface area contributed by atoms with Crippen LogP contribution in [0.4, 0.5) is 0 Å². The van der Waals surface area contributed by atoms with Crippen LogP contribution in [0.2, 0.25) is 5.02 Å². The van der Waals surface area contributed by atoms with Crippen LogP contribution in [0.25, 0.3) is 0 Å². The summed E-state index contributed by atoms with van der Waals surface area (Å²) in [5.41, 5.74) is 6.57. The van der Waals surface area contributed by atoms with Gasteiger partial charge in [0.1, 0.15) is 11.3 Å². The summed E-state index contributed by atoms with van der Waals surface area (Å²) in [5, 5.41) is 9.41. The van der Waals surface area contributed by atoms with Gasteiger partial charge in [-0.2, -0.15) is 0 Å². The van der Waals surface area contributed by atoms with Gasteiger partial charge < -0.3 is 15.6 Å². The van der Waals surface area contributed by atoms with E-state index in [1.54, 1.807) is 6.07 Å². The Morgan fingerprint density at radius 2 is 2.25 bits per heavy atom. The summed E-state index contributed by atoms with van der Waals surface area (Å²) in [6.45, 7) is 0.425. The second kappa shape index (κ2) is 4.91. The number of rotatable bonds is 1. The molecule has 1 heterocycles. The van der Waals surface area contributed by atoms with Crippen molar-refractivity contribution in [3.8, 4) is 5.75 Å². The average molecular weight is 264 g/mol. The summed E-state index contributed by atoms with van der Waals surface area (Å²) >= 11 is 5.96. The Morgan fingerprint density at radius 3 is 2.88 bits per heavy atom. The fourth-order valence-electron chi connectivity index (χ4n) is 1.68. The molecule has 0 unspecified atom stereocenters. The van der Waals surface area contributed by atoms with Crippen LogP contribution in [0.1, 0.15) is 28.4 Å². The summed E-state index contributed by atoms with van der Waals surface area (Å²) in [6, 6.07) is 2.72. The summed E-state index contributed by atoms with van der Waals surface area (Å²) in [6.07, 6.45) is 0.649. The third-order valence-electron chi connectivity index (χ3n) is 2.42. The van der Waals surface area contributed by atoms with E-state index in [-0.39, 0.29) is 24.0 Å². The zero-order chi connectivity index (χ0) is 11.0. The lowest BCUT2D eigenvalue weighted by atomic mass is 9.98. The highest BCUT2D eigenvalue weighted by molar-refractivity contribution is 6.31. The lowest BCUT2D eigenvalue weighted by Crippen LogP contribution is -2.22. The van der Waals surface area contributed by atoms with E-state index in [4.69, 9.17) is 27.2 Å². The number of hydrogen-bond acceptors (Lipinski definition) is 3. The Hall–Kier alpha value is -0.970. The number of fused-ring (bicyclic) bond motifs is 1. The summed E-state index contributed by atoms with van der Waals surface area (Å²) < 4.78 is 5.32. The Bertz CT molecular complexity index is 423. The molecule has 0 amide bonds. The van der Waals surface area contributed by atoms with Gasteiger partial charge in [0.25, 0.3) is 0 Å². The van der Waals surface area contributed by atoms with E-state index in [0.29, 0.717) is 29.4 Å². The molecule has 0 radical (unpaired) electrons. The van der Waals surface area contributed by atoms with Crippen molar-refractivity contribution in [1.82, 2.24) is 0 Å². The van der Waals surface area contributed by atoms with Crippen molar-refractivity contribution in [3.63, 3.8) is 0 Å². The molecule has 1 aromatic rings. The zero-order valence-electron chi connectivity index (χ0n) is 8.27. The van der Waals surface area contributed by atoms with E-state index in [1.165, 1.54) is 6.07 Å². The predicted octanol–water partition coefficient (Wildman–Crippen LogP) is 2.24. The van der Waals surface area contributed by atoms with Crippen molar-refractivity contribution in [2.24, 2.45) is 5.73 Å². The normalized spacial score (nSPS) is 18.0. The maximum absolute atomic E-state index is 10.9. The molecule has 1 aliphatic heterocycles. The molecule has 1 aliphatic rings. The van der Waals surface area contributed by atoms with Gasteiger partial charge in [-0.25, -0.2) is 4.79 Å². The second-order valence-electron chi connectivity index (χ2n) is 3.39. The van der Waals surface area contributed by atoms with Gasteiger partial charge in [0, 0.05) is 23.0 Å². The first-order valence-corrected chi connectivity index (χ1v) is 4.93. The number of ether oxygens (including phenoxy) is 1. The molecule has 0 spiro atoms. The van der Waals surface area contributed by atoms with Crippen LogP contribution in [0.15, 0.2) is 12.1 Å². The molecule has 0 aromatic heterocycles. The van der Waals surface area contributed by atoms with Crippen LogP contribution in [-0.4, -0.2) is 17.7 Å². The lowest BCUT2D eigenvalue weighted by molar-refractivity contribution is 0.0691. The van der Waals surface area contributed by atoms with Crippen LogP contribution in [0, 0.1) is 0 Å². The first-order chi connectivity index (χ1) is 7.11. The SMILES string of the molecule is Cl.N[C@H]1CCOc2c(C(=O)O)ccc(Cl)c21. The van der Waals surface area contributed by atoms with Gasteiger partial charge in [-0.1, -0.05) is 11.6 Å². The Kier molecular flexibility index (Phi) is 4.02. The summed E-state index contributed by atoms with van der Waals surface area (Å²) in [5.74, 6) is -0.717. The van der Waals surface area contributed by atoms with E-state index in [1.807, 2.05) is 0 Å². The predicted molar refractivity (Wildman–Crippen MR) is 62.7 cm³/mol. The molecule has 0 fully saturated rings. The smallest absolute Gasteiger partial charge is 0.339 e. The Morgan fingerprint density at radius 1 is 1.56 bits per heavy atom. The Balaban J connectivity index is 0.00000128. The fraction of sp³-hybridized carbons (Fsp3) is 0.300. The highest BCUT2D eigenvalue weighted by atomic mass is 35.5. The van der Waals surface area contributed by atoms with E-state index < -0.39 is 5.97 Å². The summed E-state index contributed by atoms with van der Waals surface area (Å²) in [7, 11) is 0. The molecule has 0 aliphatic carbocycles. The van der Waals surface area contributed by atoms with Crippen LogP contribution in [0.3, 0.4) is 0 Å². The van der Waals surface area contributed by atoms with E-state index in [0.717, 1.165) is 0 Å². The van der Waals surface area contributed by atoms with Crippen molar-refractivity contribution < 1.29 is 14.6 Å². The van der Waals surface area contributed by atoms with Crippen LogP contribution in [-0.2, 0) is 0 Å². The summed E-state index contributed by atoms with van der Waals surface area (Å²) in [4.78, 5) is 10.9. The maximum atomic E-state index is 10.9. The molecule has 88 valence electrons. The van der Waals surface area contributed by atoms with Gasteiger partial charge in [0.2, 0.25) is 0 Å². The average Bonchev–Trinajstić information content (AvgIpc) is 2.17. The lowest BCUT2D eigenvalue weighted by Gasteiger charge is -2.25. The number of hydrogen-bond donors (Lipinski definition) is 2. The highest BCUT2D eigenvalue weighted by Gasteiger charge is 2.26. The maximum Gasteiger partial charge on any atom is 0.339 e.